The molecule has 4 rings (SSSR count). The van der Waals surface area contributed by atoms with Crippen LogP contribution in [0.25, 0.3) is 6.08 Å². The zero-order valence-corrected chi connectivity index (χ0v) is 23.1. The van der Waals surface area contributed by atoms with Gasteiger partial charge in [-0.1, -0.05) is 41.6 Å². The first-order chi connectivity index (χ1) is 18.4. The van der Waals surface area contributed by atoms with E-state index in [0.29, 0.717) is 50.3 Å². The van der Waals surface area contributed by atoms with E-state index < -0.39 is 0 Å². The average molecular weight is 569 g/mol. The maximum Gasteiger partial charge on any atom is 0.270 e. The van der Waals surface area contributed by atoms with E-state index in [9.17, 15) is 9.59 Å². The number of amides is 2. The number of nitrogens with zero attached hydrogens (tertiary/aromatic N) is 1. The number of thioether (sulfide) groups is 1. The van der Waals surface area contributed by atoms with Gasteiger partial charge in [-0.15, -0.1) is 0 Å². The summed E-state index contributed by atoms with van der Waals surface area (Å²) in [7, 11) is 0. The normalized spacial score (nSPS) is 14.1. The Kier molecular flexibility index (Phi) is 9.28. The van der Waals surface area contributed by atoms with Gasteiger partial charge in [0.05, 0.1) is 23.8 Å². The van der Waals surface area contributed by atoms with Crippen LogP contribution < -0.4 is 24.4 Å². The smallest absolute Gasteiger partial charge is 0.270 e. The van der Waals surface area contributed by atoms with Crippen LogP contribution in [-0.4, -0.2) is 36.0 Å². The van der Waals surface area contributed by atoms with Gasteiger partial charge in [0.25, 0.3) is 11.8 Å². The number of thiocarbonyl (C=S) groups is 1. The zero-order valence-electron chi connectivity index (χ0n) is 20.7. The third-order valence-corrected chi connectivity index (χ3v) is 6.81. The number of nitrogens with one attached hydrogen (secondary N) is 1. The third kappa shape index (κ3) is 6.86. The number of halogens is 1. The topological polar surface area (TPSA) is 77.1 Å². The van der Waals surface area contributed by atoms with E-state index in [1.165, 1.54) is 16.7 Å². The van der Waals surface area contributed by atoms with Crippen LogP contribution in [0.4, 0.5) is 11.4 Å². The number of hydrogen-bond donors (Lipinski definition) is 1. The molecule has 196 valence electrons. The molecule has 1 N–H and O–H groups in total. The Morgan fingerprint density at radius 2 is 1.68 bits per heavy atom. The van der Waals surface area contributed by atoms with Crippen molar-refractivity contribution >= 4 is 69.2 Å². The highest BCUT2D eigenvalue weighted by Gasteiger charge is 2.33. The van der Waals surface area contributed by atoms with Gasteiger partial charge in [-0.2, -0.15) is 0 Å². The molecule has 0 aliphatic carbocycles. The highest BCUT2D eigenvalue weighted by atomic mass is 35.5. The lowest BCUT2D eigenvalue weighted by Crippen LogP contribution is -2.27. The predicted molar refractivity (Wildman–Crippen MR) is 156 cm³/mol. The van der Waals surface area contributed by atoms with Crippen LogP contribution in [0.1, 0.15) is 19.4 Å². The van der Waals surface area contributed by atoms with Crippen molar-refractivity contribution in [2.45, 2.75) is 13.8 Å². The SMILES string of the molecule is CCOc1ccc(NC(=O)COc2ccc(/C=C3\SC(=S)N(c4ccc(Cl)cc4)C3=O)cc2OCC)cc1. The number of ether oxygens (including phenoxy) is 3. The average Bonchev–Trinajstić information content (AvgIpc) is 3.18. The van der Waals surface area contributed by atoms with Crippen LogP contribution in [0.5, 0.6) is 17.2 Å². The minimum Gasteiger partial charge on any atom is -0.494 e. The highest BCUT2D eigenvalue weighted by molar-refractivity contribution is 8.27. The van der Waals surface area contributed by atoms with E-state index in [2.05, 4.69) is 5.32 Å². The van der Waals surface area contributed by atoms with Gasteiger partial charge < -0.3 is 19.5 Å². The second-order valence-electron chi connectivity index (χ2n) is 7.93. The van der Waals surface area contributed by atoms with Crippen molar-refractivity contribution in [3.63, 3.8) is 0 Å². The van der Waals surface area contributed by atoms with E-state index in [-0.39, 0.29) is 18.4 Å². The summed E-state index contributed by atoms with van der Waals surface area (Å²) < 4.78 is 17.3. The largest absolute Gasteiger partial charge is 0.494 e. The summed E-state index contributed by atoms with van der Waals surface area (Å²) in [6.07, 6.45) is 1.75. The summed E-state index contributed by atoms with van der Waals surface area (Å²) in [6.45, 7) is 4.53. The first kappa shape index (κ1) is 27.5. The van der Waals surface area contributed by atoms with Crippen molar-refractivity contribution in [1.29, 1.82) is 0 Å². The minimum atomic E-state index is -0.313. The van der Waals surface area contributed by atoms with Crippen LogP contribution in [-0.2, 0) is 9.59 Å². The molecular weight excluding hydrogens is 544 g/mol. The molecule has 38 heavy (non-hydrogen) atoms. The number of carbonyl (C=O) groups is 2. The molecule has 0 aromatic heterocycles. The van der Waals surface area contributed by atoms with Crippen molar-refractivity contribution in [2.75, 3.05) is 30.0 Å². The van der Waals surface area contributed by atoms with Crippen molar-refractivity contribution in [3.8, 4) is 17.2 Å². The molecule has 1 heterocycles. The Morgan fingerprint density at radius 3 is 2.37 bits per heavy atom. The van der Waals surface area contributed by atoms with Gasteiger partial charge >= 0.3 is 0 Å². The van der Waals surface area contributed by atoms with E-state index in [1.54, 1.807) is 72.8 Å². The Labute approximate surface area is 235 Å². The molecule has 10 heteroatoms. The fourth-order valence-corrected chi connectivity index (χ4v) is 5.00. The first-order valence-corrected chi connectivity index (χ1v) is 13.4. The van der Waals surface area contributed by atoms with Crippen LogP contribution in [0.3, 0.4) is 0 Å². The van der Waals surface area contributed by atoms with Gasteiger partial charge in [0.15, 0.2) is 22.4 Å². The van der Waals surface area contributed by atoms with Crippen LogP contribution >= 0.6 is 35.6 Å². The third-order valence-electron chi connectivity index (χ3n) is 5.25. The minimum absolute atomic E-state index is 0.202. The summed E-state index contributed by atoms with van der Waals surface area (Å²) in [5.74, 6) is 1.08. The second-order valence-corrected chi connectivity index (χ2v) is 10.0. The fourth-order valence-electron chi connectivity index (χ4n) is 3.58. The molecule has 3 aromatic rings. The van der Waals surface area contributed by atoms with E-state index >= 15 is 0 Å². The number of rotatable bonds is 10. The monoisotopic (exact) mass is 568 g/mol. The maximum atomic E-state index is 13.1. The quantitative estimate of drug-likeness (QED) is 0.219. The van der Waals surface area contributed by atoms with Gasteiger partial charge in [-0.05, 0) is 86.2 Å². The van der Waals surface area contributed by atoms with Gasteiger partial charge in [0, 0.05) is 10.7 Å². The molecule has 1 fully saturated rings. The Morgan fingerprint density at radius 1 is 0.974 bits per heavy atom. The molecule has 0 atom stereocenters. The van der Waals surface area contributed by atoms with Gasteiger partial charge in [-0.3, -0.25) is 14.5 Å². The van der Waals surface area contributed by atoms with Crippen LogP contribution in [0, 0.1) is 0 Å². The summed E-state index contributed by atoms with van der Waals surface area (Å²) in [5, 5.41) is 3.37. The predicted octanol–water partition coefficient (Wildman–Crippen LogP) is 6.56. The molecule has 1 saturated heterocycles. The lowest BCUT2D eigenvalue weighted by Gasteiger charge is -2.14. The van der Waals surface area contributed by atoms with Gasteiger partial charge in [-0.25, -0.2) is 0 Å². The molecule has 0 bridgehead atoms. The van der Waals surface area contributed by atoms with E-state index in [1.807, 2.05) is 13.8 Å². The number of benzene rings is 3. The van der Waals surface area contributed by atoms with E-state index in [0.717, 1.165) is 11.3 Å². The second kappa shape index (κ2) is 12.8. The van der Waals surface area contributed by atoms with E-state index in [4.69, 9.17) is 38.0 Å². The van der Waals surface area contributed by atoms with Gasteiger partial charge in [0.1, 0.15) is 5.75 Å². The molecule has 1 aliphatic heterocycles. The number of carbonyl (C=O) groups excluding carboxylic acids is 2. The molecule has 1 aliphatic rings. The van der Waals surface area contributed by atoms with Crippen molar-refractivity contribution in [3.05, 3.63) is 82.2 Å². The molecular formula is C28H25ClN2O5S2. The summed E-state index contributed by atoms with van der Waals surface area (Å²) in [5.41, 5.74) is 2.03. The van der Waals surface area contributed by atoms with Crippen molar-refractivity contribution in [2.24, 2.45) is 0 Å². The number of hydrogen-bond acceptors (Lipinski definition) is 7. The summed E-state index contributed by atoms with van der Waals surface area (Å²) >= 11 is 12.6. The summed E-state index contributed by atoms with van der Waals surface area (Å²) in [4.78, 5) is 27.4. The maximum absolute atomic E-state index is 13.1. The molecule has 0 saturated carbocycles. The standard InChI is InChI=1S/C28H25ClN2O5S2/c1-3-34-22-12-8-20(9-13-22)30-26(32)17-36-23-14-5-18(15-24(23)35-4-2)16-25-27(33)31(28(37)38-25)21-10-6-19(29)7-11-21/h5-16H,3-4,17H2,1-2H3,(H,30,32)/b25-16-. The molecule has 7 nitrogen and oxygen atoms in total. The van der Waals surface area contributed by atoms with Crippen LogP contribution in [0.2, 0.25) is 5.02 Å². The molecule has 2 amide bonds. The lowest BCUT2D eigenvalue weighted by atomic mass is 10.1. The Hall–Kier alpha value is -3.53. The molecule has 0 spiro atoms. The lowest BCUT2D eigenvalue weighted by molar-refractivity contribution is -0.118. The molecule has 0 unspecified atom stereocenters. The molecule has 3 aromatic carbocycles. The number of anilines is 2. The van der Waals surface area contributed by atoms with Crippen LogP contribution in [0.15, 0.2) is 71.6 Å². The van der Waals surface area contributed by atoms with Crippen molar-refractivity contribution < 1.29 is 23.8 Å². The van der Waals surface area contributed by atoms with Gasteiger partial charge in [0.2, 0.25) is 0 Å². The highest BCUT2D eigenvalue weighted by Crippen LogP contribution is 2.37. The molecule has 0 radical (unpaired) electrons. The summed E-state index contributed by atoms with van der Waals surface area (Å²) in [6, 6.07) is 19.3. The Bertz CT molecular complexity index is 1360. The fraction of sp³-hybridized carbons (Fsp3) is 0.179. The zero-order chi connectivity index (χ0) is 27.1. The Balaban J connectivity index is 1.43. The van der Waals surface area contributed by atoms with Crippen molar-refractivity contribution in [1.82, 2.24) is 0 Å². The first-order valence-electron chi connectivity index (χ1n) is 11.8.